The fourth-order valence-corrected chi connectivity index (χ4v) is 2.49. The molecule has 0 saturated carbocycles. The molecule has 2 heterocycles. The summed E-state index contributed by atoms with van der Waals surface area (Å²) >= 11 is 0. The van der Waals surface area contributed by atoms with E-state index in [4.69, 9.17) is 5.73 Å². The fourth-order valence-electron chi connectivity index (χ4n) is 2.49. The Morgan fingerprint density at radius 1 is 1.21 bits per heavy atom. The van der Waals surface area contributed by atoms with E-state index < -0.39 is 0 Å². The van der Waals surface area contributed by atoms with Gasteiger partial charge >= 0.3 is 0 Å². The molecule has 19 heavy (non-hydrogen) atoms. The first-order valence-electron chi connectivity index (χ1n) is 7.10. The van der Waals surface area contributed by atoms with Gasteiger partial charge < -0.3 is 10.3 Å². The van der Waals surface area contributed by atoms with Crippen LogP contribution in [-0.2, 0) is 6.54 Å². The molecule has 0 amide bonds. The van der Waals surface area contributed by atoms with Crippen molar-refractivity contribution in [3.63, 3.8) is 0 Å². The van der Waals surface area contributed by atoms with E-state index in [9.17, 15) is 0 Å². The summed E-state index contributed by atoms with van der Waals surface area (Å²) in [6, 6.07) is 6.77. The van der Waals surface area contributed by atoms with Gasteiger partial charge in [-0.2, -0.15) is 5.10 Å². The van der Waals surface area contributed by atoms with Crippen LogP contribution in [-0.4, -0.2) is 14.3 Å². The average Bonchev–Trinajstić information content (AvgIpc) is 3.01. The first-order valence-corrected chi connectivity index (χ1v) is 7.10. The first kappa shape index (κ1) is 13.9. The topological polar surface area (TPSA) is 48.8 Å². The monoisotopic (exact) mass is 260 g/mol. The Balaban J connectivity index is 2.13. The third-order valence-electron chi connectivity index (χ3n) is 3.64. The van der Waals surface area contributed by atoms with Crippen molar-refractivity contribution in [3.05, 3.63) is 42.0 Å². The van der Waals surface area contributed by atoms with Crippen LogP contribution in [0.15, 0.2) is 30.6 Å². The predicted molar refractivity (Wildman–Crippen MR) is 78.0 cm³/mol. The quantitative estimate of drug-likeness (QED) is 0.867. The second-order valence-corrected chi connectivity index (χ2v) is 5.11. The van der Waals surface area contributed by atoms with Gasteiger partial charge in [-0.3, -0.25) is 4.68 Å². The third kappa shape index (κ3) is 3.07. The van der Waals surface area contributed by atoms with Gasteiger partial charge in [-0.25, -0.2) is 0 Å². The Morgan fingerprint density at radius 3 is 2.58 bits per heavy atom. The van der Waals surface area contributed by atoms with Gasteiger partial charge in [-0.05, 0) is 38.0 Å². The Bertz CT molecular complexity index is 506. The molecule has 0 radical (unpaired) electrons. The maximum Gasteiger partial charge on any atom is 0.0821 e. The van der Waals surface area contributed by atoms with Crippen LogP contribution in [0.3, 0.4) is 0 Å². The number of aromatic nitrogens is 3. The summed E-state index contributed by atoms with van der Waals surface area (Å²) in [4.78, 5) is 0. The predicted octanol–water partition coefficient (Wildman–Crippen LogP) is 3.11. The van der Waals surface area contributed by atoms with Gasteiger partial charge in [0.05, 0.1) is 18.3 Å². The highest BCUT2D eigenvalue weighted by Gasteiger charge is 2.10. The standard InChI is InChI=1S/C15H24N4/c1-4-14(5-2)19-10-8-13(17-19)11-18-9-6-7-15(18)12(3)16/h6-10,12,14H,4-5,11,16H2,1-3H3. The lowest BCUT2D eigenvalue weighted by molar-refractivity contribution is 0.424. The molecule has 0 spiro atoms. The van der Waals surface area contributed by atoms with E-state index in [0.717, 1.165) is 30.8 Å². The normalized spacial score (nSPS) is 13.1. The smallest absolute Gasteiger partial charge is 0.0821 e. The van der Waals surface area contributed by atoms with Crippen molar-refractivity contribution in [2.24, 2.45) is 5.73 Å². The van der Waals surface area contributed by atoms with Crippen LogP contribution >= 0.6 is 0 Å². The number of hydrogen-bond acceptors (Lipinski definition) is 2. The van der Waals surface area contributed by atoms with E-state index in [-0.39, 0.29) is 6.04 Å². The molecule has 2 aromatic rings. The summed E-state index contributed by atoms with van der Waals surface area (Å²) in [6.45, 7) is 7.21. The molecular formula is C15H24N4. The van der Waals surface area contributed by atoms with E-state index >= 15 is 0 Å². The molecule has 0 saturated heterocycles. The number of hydrogen-bond donors (Lipinski definition) is 1. The van der Waals surface area contributed by atoms with E-state index in [1.807, 2.05) is 13.0 Å². The minimum Gasteiger partial charge on any atom is -0.344 e. The zero-order chi connectivity index (χ0) is 13.8. The molecule has 1 atom stereocenters. The lowest BCUT2D eigenvalue weighted by Crippen LogP contribution is -2.13. The molecular weight excluding hydrogens is 236 g/mol. The van der Waals surface area contributed by atoms with Crippen LogP contribution < -0.4 is 5.73 Å². The van der Waals surface area contributed by atoms with Gasteiger partial charge in [-0.1, -0.05) is 13.8 Å². The molecule has 2 rings (SSSR count). The molecule has 104 valence electrons. The maximum atomic E-state index is 5.96. The van der Waals surface area contributed by atoms with Gasteiger partial charge in [0.25, 0.3) is 0 Å². The van der Waals surface area contributed by atoms with Gasteiger partial charge in [-0.15, -0.1) is 0 Å². The largest absolute Gasteiger partial charge is 0.344 e. The Morgan fingerprint density at radius 2 is 1.95 bits per heavy atom. The number of rotatable bonds is 6. The SMILES string of the molecule is CCC(CC)n1ccc(Cn2cccc2C(C)N)n1. The van der Waals surface area contributed by atoms with Crippen molar-refractivity contribution >= 4 is 0 Å². The van der Waals surface area contributed by atoms with E-state index in [1.54, 1.807) is 0 Å². The highest BCUT2D eigenvalue weighted by atomic mass is 15.3. The van der Waals surface area contributed by atoms with Gasteiger partial charge in [0, 0.05) is 24.1 Å². The van der Waals surface area contributed by atoms with Crippen LogP contribution in [0.5, 0.6) is 0 Å². The van der Waals surface area contributed by atoms with Crippen LogP contribution in [0.1, 0.15) is 57.1 Å². The van der Waals surface area contributed by atoms with Crippen molar-refractivity contribution in [1.29, 1.82) is 0 Å². The molecule has 0 aromatic carbocycles. The molecule has 4 nitrogen and oxygen atoms in total. The Labute approximate surface area is 115 Å². The lowest BCUT2D eigenvalue weighted by Gasteiger charge is -2.13. The maximum absolute atomic E-state index is 5.96. The zero-order valence-corrected chi connectivity index (χ0v) is 12.1. The lowest BCUT2D eigenvalue weighted by atomic mass is 10.2. The Hall–Kier alpha value is -1.55. The summed E-state index contributed by atoms with van der Waals surface area (Å²) in [6.07, 6.45) is 6.38. The van der Waals surface area contributed by atoms with Crippen molar-refractivity contribution in [3.8, 4) is 0 Å². The van der Waals surface area contributed by atoms with Crippen molar-refractivity contribution < 1.29 is 0 Å². The zero-order valence-electron chi connectivity index (χ0n) is 12.1. The molecule has 4 heteroatoms. The van der Waals surface area contributed by atoms with Crippen molar-refractivity contribution in [2.45, 2.75) is 52.2 Å². The highest BCUT2D eigenvalue weighted by molar-refractivity contribution is 5.13. The van der Waals surface area contributed by atoms with Crippen molar-refractivity contribution in [2.75, 3.05) is 0 Å². The summed E-state index contributed by atoms with van der Waals surface area (Å²) in [7, 11) is 0. The number of nitrogens with two attached hydrogens (primary N) is 1. The third-order valence-corrected chi connectivity index (χ3v) is 3.64. The minimum absolute atomic E-state index is 0.0520. The second kappa shape index (κ2) is 6.06. The molecule has 0 aliphatic carbocycles. The summed E-state index contributed by atoms with van der Waals surface area (Å²) < 4.78 is 4.26. The van der Waals surface area contributed by atoms with Crippen LogP contribution in [0.2, 0.25) is 0 Å². The van der Waals surface area contributed by atoms with Crippen LogP contribution in [0.4, 0.5) is 0 Å². The molecule has 0 bridgehead atoms. The first-order chi connectivity index (χ1) is 9.15. The average molecular weight is 260 g/mol. The van der Waals surface area contributed by atoms with E-state index in [2.05, 4.69) is 52.7 Å². The molecule has 0 fully saturated rings. The van der Waals surface area contributed by atoms with Crippen LogP contribution in [0.25, 0.3) is 0 Å². The van der Waals surface area contributed by atoms with Crippen molar-refractivity contribution in [1.82, 2.24) is 14.3 Å². The van der Waals surface area contributed by atoms with E-state index in [0.29, 0.717) is 6.04 Å². The molecule has 2 N–H and O–H groups in total. The molecule has 0 aliphatic rings. The van der Waals surface area contributed by atoms with Crippen LogP contribution in [0, 0.1) is 0 Å². The van der Waals surface area contributed by atoms with Gasteiger partial charge in [0.2, 0.25) is 0 Å². The summed E-state index contributed by atoms with van der Waals surface area (Å²) in [5.41, 5.74) is 8.20. The van der Waals surface area contributed by atoms with Gasteiger partial charge in [0.15, 0.2) is 0 Å². The summed E-state index contributed by atoms with van der Waals surface area (Å²) in [5, 5.41) is 4.68. The Kier molecular flexibility index (Phi) is 4.43. The highest BCUT2D eigenvalue weighted by Crippen LogP contribution is 2.16. The number of nitrogens with zero attached hydrogens (tertiary/aromatic N) is 3. The molecule has 0 aliphatic heterocycles. The molecule has 1 unspecified atom stereocenters. The fraction of sp³-hybridized carbons (Fsp3) is 0.533. The molecule has 2 aromatic heterocycles. The minimum atomic E-state index is 0.0520. The van der Waals surface area contributed by atoms with Gasteiger partial charge in [0.1, 0.15) is 0 Å². The second-order valence-electron chi connectivity index (χ2n) is 5.11. The summed E-state index contributed by atoms with van der Waals surface area (Å²) in [5.74, 6) is 0. The van der Waals surface area contributed by atoms with E-state index in [1.165, 1.54) is 0 Å².